The van der Waals surface area contributed by atoms with E-state index in [1.807, 2.05) is 13.8 Å². The van der Waals surface area contributed by atoms with Gasteiger partial charge in [0.15, 0.2) is 0 Å². The van der Waals surface area contributed by atoms with Gasteiger partial charge in [-0.25, -0.2) is 4.79 Å². The molecule has 1 aliphatic heterocycles. The van der Waals surface area contributed by atoms with Crippen molar-refractivity contribution >= 4 is 23.6 Å². The number of rotatable bonds is 9. The first-order chi connectivity index (χ1) is 13.0. The fourth-order valence-corrected chi connectivity index (χ4v) is 4.47. The van der Waals surface area contributed by atoms with Crippen LogP contribution in [0.25, 0.3) is 0 Å². The van der Waals surface area contributed by atoms with E-state index in [0.717, 1.165) is 25.7 Å². The highest BCUT2D eigenvalue weighted by molar-refractivity contribution is 8.00. The minimum atomic E-state index is -0.519. The largest absolute Gasteiger partial charge is 0.497 e. The number of amides is 1. The lowest BCUT2D eigenvalue weighted by atomic mass is 10.1. The lowest BCUT2D eigenvalue weighted by Gasteiger charge is -2.28. The first kappa shape index (κ1) is 21.6. The van der Waals surface area contributed by atoms with Crippen molar-refractivity contribution in [3.05, 3.63) is 29.8 Å². The van der Waals surface area contributed by atoms with Gasteiger partial charge in [-0.1, -0.05) is 40.0 Å². The van der Waals surface area contributed by atoms with Crippen LogP contribution in [0.1, 0.15) is 56.8 Å². The maximum atomic E-state index is 13.2. The summed E-state index contributed by atoms with van der Waals surface area (Å²) in [7, 11) is 1.60. The summed E-state index contributed by atoms with van der Waals surface area (Å²) in [6.45, 7) is 6.55. The average Bonchev–Trinajstić information content (AvgIpc) is 3.09. The Kier molecular flexibility index (Phi) is 8.48. The van der Waals surface area contributed by atoms with Crippen molar-refractivity contribution in [2.24, 2.45) is 5.92 Å². The third-order valence-corrected chi connectivity index (χ3v) is 5.91. The quantitative estimate of drug-likeness (QED) is 0.461. The molecule has 6 heteroatoms. The Balaban J connectivity index is 2.17. The molecule has 2 unspecified atom stereocenters. The van der Waals surface area contributed by atoms with Crippen LogP contribution in [0.4, 0.5) is 0 Å². The third kappa shape index (κ3) is 5.89. The molecule has 150 valence electrons. The molecule has 1 heterocycles. The van der Waals surface area contributed by atoms with Crippen molar-refractivity contribution in [1.29, 1.82) is 0 Å². The molecular weight excluding hydrogens is 362 g/mol. The van der Waals surface area contributed by atoms with Crippen LogP contribution in [-0.4, -0.2) is 47.7 Å². The van der Waals surface area contributed by atoms with Crippen molar-refractivity contribution in [1.82, 2.24) is 4.90 Å². The lowest BCUT2D eigenvalue weighted by molar-refractivity contribution is -0.149. The molecule has 1 aromatic carbocycles. The fraction of sp³-hybridized carbons (Fsp3) is 0.619. The van der Waals surface area contributed by atoms with Crippen molar-refractivity contribution in [2.75, 3.05) is 19.5 Å². The molecule has 1 amide bonds. The molecular formula is C21H31NO4S. The van der Waals surface area contributed by atoms with E-state index in [1.165, 1.54) is 0 Å². The van der Waals surface area contributed by atoms with Gasteiger partial charge in [0.25, 0.3) is 5.91 Å². The number of nitrogens with zero attached hydrogens (tertiary/aromatic N) is 1. The number of hydrogen-bond donors (Lipinski definition) is 0. The highest BCUT2D eigenvalue weighted by Crippen LogP contribution is 2.34. The van der Waals surface area contributed by atoms with Crippen LogP contribution >= 0.6 is 11.8 Å². The maximum absolute atomic E-state index is 13.2. The minimum Gasteiger partial charge on any atom is -0.497 e. The number of unbranched alkanes of at least 4 members (excludes halogenated alkanes) is 2. The van der Waals surface area contributed by atoms with Crippen molar-refractivity contribution < 1.29 is 19.1 Å². The molecule has 2 atom stereocenters. The summed E-state index contributed by atoms with van der Waals surface area (Å²) >= 11 is 1.68. The van der Waals surface area contributed by atoms with Crippen molar-refractivity contribution in [3.63, 3.8) is 0 Å². The first-order valence-electron chi connectivity index (χ1n) is 9.72. The summed E-state index contributed by atoms with van der Waals surface area (Å²) in [5, 5.41) is 0.0164. The molecule has 0 aromatic heterocycles. The Morgan fingerprint density at radius 2 is 1.93 bits per heavy atom. The molecule has 5 nitrogen and oxygen atoms in total. The van der Waals surface area contributed by atoms with Gasteiger partial charge in [-0.2, -0.15) is 0 Å². The summed E-state index contributed by atoms with van der Waals surface area (Å²) in [5.41, 5.74) is 0.570. The summed E-state index contributed by atoms with van der Waals surface area (Å²) in [6, 6.07) is 6.53. The standard InChI is InChI=1S/C21H31NO4S/c1-5-6-7-8-19-22(18(14-27-19)21(24)26-13-15(2)3)20(23)16-9-11-17(25-4)12-10-16/h9-12,15,18-19H,5-8,13-14H2,1-4H3. The van der Waals surface area contributed by atoms with E-state index in [0.29, 0.717) is 23.7 Å². The highest BCUT2D eigenvalue weighted by atomic mass is 32.2. The van der Waals surface area contributed by atoms with E-state index < -0.39 is 6.04 Å². The van der Waals surface area contributed by atoms with E-state index in [1.54, 1.807) is 48.0 Å². The molecule has 0 N–H and O–H groups in total. The number of benzene rings is 1. The zero-order valence-corrected chi connectivity index (χ0v) is 17.6. The van der Waals surface area contributed by atoms with Crippen LogP contribution < -0.4 is 4.74 Å². The molecule has 0 spiro atoms. The number of ether oxygens (including phenoxy) is 2. The Labute approximate surface area is 166 Å². The Hall–Kier alpha value is -1.69. The monoisotopic (exact) mass is 393 g/mol. The molecule has 0 aliphatic carbocycles. The van der Waals surface area contributed by atoms with E-state index in [-0.39, 0.29) is 23.2 Å². The zero-order chi connectivity index (χ0) is 19.8. The predicted octanol–water partition coefficient (Wildman–Crippen LogP) is 4.36. The molecule has 1 aromatic rings. The first-order valence-corrected chi connectivity index (χ1v) is 10.8. The van der Waals surface area contributed by atoms with Gasteiger partial charge in [-0.05, 0) is 36.6 Å². The summed E-state index contributed by atoms with van der Waals surface area (Å²) in [5.74, 6) is 1.16. The number of carbonyl (C=O) groups excluding carboxylic acids is 2. The zero-order valence-electron chi connectivity index (χ0n) is 16.8. The van der Waals surface area contributed by atoms with Crippen LogP contribution in [0.5, 0.6) is 5.75 Å². The van der Waals surface area contributed by atoms with Gasteiger partial charge in [0.2, 0.25) is 0 Å². The van der Waals surface area contributed by atoms with E-state index in [4.69, 9.17) is 9.47 Å². The Morgan fingerprint density at radius 3 is 2.52 bits per heavy atom. The van der Waals surface area contributed by atoms with Crippen LogP contribution in [-0.2, 0) is 9.53 Å². The minimum absolute atomic E-state index is 0.0164. The van der Waals surface area contributed by atoms with Gasteiger partial charge in [0.1, 0.15) is 11.8 Å². The van der Waals surface area contributed by atoms with Gasteiger partial charge < -0.3 is 14.4 Å². The lowest BCUT2D eigenvalue weighted by Crippen LogP contribution is -2.46. The summed E-state index contributed by atoms with van der Waals surface area (Å²) in [6.07, 6.45) is 4.20. The van der Waals surface area contributed by atoms with E-state index >= 15 is 0 Å². The van der Waals surface area contributed by atoms with Gasteiger partial charge >= 0.3 is 5.97 Å². The van der Waals surface area contributed by atoms with E-state index in [2.05, 4.69) is 6.92 Å². The Bertz CT molecular complexity index is 617. The second-order valence-corrected chi connectivity index (χ2v) is 8.48. The number of methoxy groups -OCH3 is 1. The summed E-state index contributed by atoms with van der Waals surface area (Å²) < 4.78 is 10.6. The van der Waals surface area contributed by atoms with Crippen molar-refractivity contribution in [2.45, 2.75) is 57.9 Å². The number of esters is 1. The normalized spacial score (nSPS) is 19.4. The second kappa shape index (κ2) is 10.6. The van der Waals surface area contributed by atoms with Crippen LogP contribution in [0.3, 0.4) is 0 Å². The number of carbonyl (C=O) groups is 2. The molecule has 1 saturated heterocycles. The van der Waals surface area contributed by atoms with Crippen LogP contribution in [0.2, 0.25) is 0 Å². The van der Waals surface area contributed by atoms with Gasteiger partial charge in [0, 0.05) is 11.3 Å². The van der Waals surface area contributed by atoms with Gasteiger partial charge in [0.05, 0.1) is 19.1 Å². The van der Waals surface area contributed by atoms with Crippen LogP contribution in [0.15, 0.2) is 24.3 Å². The smallest absolute Gasteiger partial charge is 0.329 e. The van der Waals surface area contributed by atoms with E-state index in [9.17, 15) is 9.59 Å². The highest BCUT2D eigenvalue weighted by Gasteiger charge is 2.42. The van der Waals surface area contributed by atoms with Gasteiger partial charge in [-0.15, -0.1) is 11.8 Å². The van der Waals surface area contributed by atoms with Gasteiger partial charge in [-0.3, -0.25) is 4.79 Å². The Morgan fingerprint density at radius 1 is 1.22 bits per heavy atom. The summed E-state index contributed by atoms with van der Waals surface area (Å²) in [4.78, 5) is 27.6. The molecule has 0 radical (unpaired) electrons. The second-order valence-electron chi connectivity index (χ2n) is 7.26. The van der Waals surface area contributed by atoms with Crippen LogP contribution in [0, 0.1) is 5.92 Å². The third-order valence-electron chi connectivity index (χ3n) is 4.55. The molecule has 1 fully saturated rings. The average molecular weight is 394 g/mol. The topological polar surface area (TPSA) is 55.8 Å². The fourth-order valence-electron chi connectivity index (χ4n) is 3.04. The SMILES string of the molecule is CCCCCC1SCC(C(=O)OCC(C)C)N1C(=O)c1ccc(OC)cc1. The number of hydrogen-bond acceptors (Lipinski definition) is 5. The molecule has 1 aliphatic rings. The predicted molar refractivity (Wildman–Crippen MR) is 109 cm³/mol. The molecule has 0 bridgehead atoms. The maximum Gasteiger partial charge on any atom is 0.329 e. The molecule has 27 heavy (non-hydrogen) atoms. The molecule has 2 rings (SSSR count). The van der Waals surface area contributed by atoms with Crippen molar-refractivity contribution in [3.8, 4) is 5.75 Å². The molecule has 0 saturated carbocycles. The number of thioether (sulfide) groups is 1.